The number of hydrogen-bond donors (Lipinski definition) is 2. The molecule has 6 heteroatoms. The molecule has 0 saturated heterocycles. The van der Waals surface area contributed by atoms with E-state index in [0.717, 1.165) is 17.0 Å². The predicted molar refractivity (Wildman–Crippen MR) is 90.5 cm³/mol. The lowest BCUT2D eigenvalue weighted by atomic mass is 10.0. The second-order valence-electron chi connectivity index (χ2n) is 5.88. The molecule has 1 amide bonds. The first-order valence-electron chi connectivity index (χ1n) is 8.03. The molecule has 128 valence electrons. The highest BCUT2D eigenvalue weighted by molar-refractivity contribution is 5.77. The van der Waals surface area contributed by atoms with E-state index in [0.29, 0.717) is 19.4 Å². The summed E-state index contributed by atoms with van der Waals surface area (Å²) in [6.07, 6.45) is 0.858. The summed E-state index contributed by atoms with van der Waals surface area (Å²) < 4.78 is 1.88. The van der Waals surface area contributed by atoms with E-state index in [-0.39, 0.29) is 12.3 Å². The smallest absolute Gasteiger partial charge is 0.305 e. The Morgan fingerprint density at radius 3 is 2.54 bits per heavy atom. The average Bonchev–Trinajstić information content (AvgIpc) is 2.85. The highest BCUT2D eigenvalue weighted by atomic mass is 16.4. The summed E-state index contributed by atoms with van der Waals surface area (Å²) in [5.74, 6) is -1.08. The summed E-state index contributed by atoms with van der Waals surface area (Å²) in [6.45, 7) is 4.59. The van der Waals surface area contributed by atoms with Crippen molar-refractivity contribution in [3.63, 3.8) is 0 Å². The lowest BCUT2D eigenvalue weighted by Crippen LogP contribution is -2.30. The standard InChI is InChI=1S/C18H23N3O3/c1-13-11-14(2)21(20-13)10-6-9-17(22)19-16(12-18(23)24)15-7-4-3-5-8-15/h3-5,7-8,11,16H,6,9-10,12H2,1-2H3,(H,19,22)(H,23,24)/t16-/m0/s1. The molecule has 0 aliphatic rings. The number of benzene rings is 1. The van der Waals surface area contributed by atoms with Gasteiger partial charge in [0.05, 0.1) is 18.2 Å². The van der Waals surface area contributed by atoms with Crippen molar-refractivity contribution < 1.29 is 14.7 Å². The van der Waals surface area contributed by atoms with E-state index in [9.17, 15) is 9.59 Å². The molecule has 0 spiro atoms. The van der Waals surface area contributed by atoms with Gasteiger partial charge in [-0.05, 0) is 31.9 Å². The molecule has 1 aromatic carbocycles. The van der Waals surface area contributed by atoms with Gasteiger partial charge < -0.3 is 10.4 Å². The fourth-order valence-electron chi connectivity index (χ4n) is 2.67. The Morgan fingerprint density at radius 2 is 1.96 bits per heavy atom. The lowest BCUT2D eigenvalue weighted by Gasteiger charge is -2.17. The van der Waals surface area contributed by atoms with E-state index in [1.807, 2.05) is 54.9 Å². The summed E-state index contributed by atoms with van der Waals surface area (Å²) in [4.78, 5) is 23.2. The third kappa shape index (κ3) is 5.22. The second kappa shape index (κ2) is 8.29. The molecule has 0 aliphatic heterocycles. The quantitative estimate of drug-likeness (QED) is 0.780. The Labute approximate surface area is 141 Å². The predicted octanol–water partition coefficient (Wildman–Crippen LogP) is 2.61. The molecule has 0 unspecified atom stereocenters. The molecule has 0 saturated carbocycles. The number of rotatable bonds is 8. The second-order valence-corrected chi connectivity index (χ2v) is 5.88. The van der Waals surface area contributed by atoms with E-state index in [1.54, 1.807) is 0 Å². The number of carbonyl (C=O) groups excluding carboxylic acids is 1. The molecule has 2 N–H and O–H groups in total. The molecule has 2 rings (SSSR count). The van der Waals surface area contributed by atoms with Crippen LogP contribution in [0.1, 0.15) is 42.3 Å². The van der Waals surface area contributed by atoms with Crippen molar-refractivity contribution in [2.45, 2.75) is 45.7 Å². The van der Waals surface area contributed by atoms with Crippen LogP contribution >= 0.6 is 0 Å². The van der Waals surface area contributed by atoms with Crippen molar-refractivity contribution in [2.24, 2.45) is 0 Å². The van der Waals surface area contributed by atoms with Crippen LogP contribution in [-0.4, -0.2) is 26.8 Å². The molecule has 0 radical (unpaired) electrons. The topological polar surface area (TPSA) is 84.2 Å². The first kappa shape index (κ1) is 17.7. The fourth-order valence-corrected chi connectivity index (χ4v) is 2.67. The van der Waals surface area contributed by atoms with E-state index in [2.05, 4.69) is 10.4 Å². The maximum Gasteiger partial charge on any atom is 0.305 e. The van der Waals surface area contributed by atoms with E-state index < -0.39 is 12.0 Å². The minimum atomic E-state index is -0.938. The van der Waals surface area contributed by atoms with E-state index >= 15 is 0 Å². The highest BCUT2D eigenvalue weighted by Gasteiger charge is 2.17. The maximum atomic E-state index is 12.2. The molecule has 24 heavy (non-hydrogen) atoms. The minimum absolute atomic E-state index is 0.132. The van der Waals surface area contributed by atoms with Gasteiger partial charge >= 0.3 is 5.97 Å². The Kier molecular flexibility index (Phi) is 6.12. The van der Waals surface area contributed by atoms with Gasteiger partial charge in [0.1, 0.15) is 0 Å². The zero-order chi connectivity index (χ0) is 17.5. The summed E-state index contributed by atoms with van der Waals surface area (Å²) >= 11 is 0. The Balaban J connectivity index is 1.88. The van der Waals surface area contributed by atoms with Crippen molar-refractivity contribution in [1.82, 2.24) is 15.1 Å². The Hall–Kier alpha value is -2.63. The van der Waals surface area contributed by atoms with Crippen LogP contribution in [0.5, 0.6) is 0 Å². The molecule has 0 fully saturated rings. The molecule has 6 nitrogen and oxygen atoms in total. The molecule has 1 aromatic heterocycles. The van der Waals surface area contributed by atoms with Crippen molar-refractivity contribution in [3.8, 4) is 0 Å². The van der Waals surface area contributed by atoms with Crippen LogP contribution in [0, 0.1) is 13.8 Å². The van der Waals surface area contributed by atoms with Gasteiger partial charge in [0.25, 0.3) is 0 Å². The summed E-state index contributed by atoms with van der Waals surface area (Å²) in [6, 6.07) is 10.7. The number of nitrogens with zero attached hydrogens (tertiary/aromatic N) is 2. The molecule has 0 bridgehead atoms. The first-order valence-corrected chi connectivity index (χ1v) is 8.03. The van der Waals surface area contributed by atoms with Gasteiger partial charge in [-0.25, -0.2) is 0 Å². The van der Waals surface area contributed by atoms with Crippen LogP contribution in [0.15, 0.2) is 36.4 Å². The van der Waals surface area contributed by atoms with Crippen LogP contribution in [-0.2, 0) is 16.1 Å². The molecule has 0 aliphatic carbocycles. The summed E-state index contributed by atoms with van der Waals surface area (Å²) in [5.41, 5.74) is 2.83. The SMILES string of the molecule is Cc1cc(C)n(CCCC(=O)N[C@@H](CC(=O)O)c2ccccc2)n1. The largest absolute Gasteiger partial charge is 0.481 e. The van der Waals surface area contributed by atoms with Crippen LogP contribution in [0.25, 0.3) is 0 Å². The first-order chi connectivity index (χ1) is 11.5. The number of carbonyl (C=O) groups is 2. The van der Waals surface area contributed by atoms with Crippen molar-refractivity contribution in [1.29, 1.82) is 0 Å². The van der Waals surface area contributed by atoms with E-state index in [1.165, 1.54) is 0 Å². The number of carboxylic acids is 1. The third-order valence-corrected chi connectivity index (χ3v) is 3.79. The normalized spacial score (nSPS) is 11.9. The maximum absolute atomic E-state index is 12.2. The molecule has 1 atom stereocenters. The van der Waals surface area contributed by atoms with Crippen molar-refractivity contribution in [2.75, 3.05) is 0 Å². The highest BCUT2D eigenvalue weighted by Crippen LogP contribution is 2.17. The molecular formula is C18H23N3O3. The van der Waals surface area contributed by atoms with Gasteiger partial charge in [0.2, 0.25) is 5.91 Å². The van der Waals surface area contributed by atoms with Crippen LogP contribution < -0.4 is 5.32 Å². The zero-order valence-electron chi connectivity index (χ0n) is 14.0. The van der Waals surface area contributed by atoms with Crippen molar-refractivity contribution in [3.05, 3.63) is 53.3 Å². The average molecular weight is 329 g/mol. The number of aromatic nitrogens is 2. The minimum Gasteiger partial charge on any atom is -0.481 e. The van der Waals surface area contributed by atoms with Gasteiger partial charge in [-0.2, -0.15) is 5.10 Å². The van der Waals surface area contributed by atoms with Gasteiger partial charge in [0, 0.05) is 18.7 Å². The Bertz CT molecular complexity index is 695. The number of aryl methyl sites for hydroxylation is 3. The lowest BCUT2D eigenvalue weighted by molar-refractivity contribution is -0.137. The number of carboxylic acid groups (broad SMARTS) is 1. The summed E-state index contributed by atoms with van der Waals surface area (Å²) in [7, 11) is 0. The summed E-state index contributed by atoms with van der Waals surface area (Å²) in [5, 5.41) is 16.2. The van der Waals surface area contributed by atoms with Crippen LogP contribution in [0.2, 0.25) is 0 Å². The van der Waals surface area contributed by atoms with Gasteiger partial charge in [0.15, 0.2) is 0 Å². The van der Waals surface area contributed by atoms with Gasteiger partial charge in [-0.15, -0.1) is 0 Å². The molecule has 1 heterocycles. The number of hydrogen-bond acceptors (Lipinski definition) is 3. The number of aliphatic carboxylic acids is 1. The fraction of sp³-hybridized carbons (Fsp3) is 0.389. The van der Waals surface area contributed by atoms with Crippen LogP contribution in [0.4, 0.5) is 0 Å². The third-order valence-electron chi connectivity index (χ3n) is 3.79. The monoisotopic (exact) mass is 329 g/mol. The number of nitrogens with one attached hydrogen (secondary N) is 1. The van der Waals surface area contributed by atoms with E-state index in [4.69, 9.17) is 5.11 Å². The van der Waals surface area contributed by atoms with Crippen LogP contribution in [0.3, 0.4) is 0 Å². The molecule has 2 aromatic rings. The Morgan fingerprint density at radius 1 is 1.25 bits per heavy atom. The number of amides is 1. The van der Waals surface area contributed by atoms with Crippen molar-refractivity contribution >= 4 is 11.9 Å². The van der Waals surface area contributed by atoms with Gasteiger partial charge in [-0.1, -0.05) is 30.3 Å². The zero-order valence-corrected chi connectivity index (χ0v) is 14.0. The molecular weight excluding hydrogens is 306 g/mol. The van der Waals surface area contributed by atoms with Gasteiger partial charge in [-0.3, -0.25) is 14.3 Å².